The molecule has 1 aromatic rings. The van der Waals surface area contributed by atoms with Gasteiger partial charge in [-0.3, -0.25) is 4.68 Å². The number of hydrogen-bond donors (Lipinski definition) is 1. The van der Waals surface area contributed by atoms with Gasteiger partial charge in [0.2, 0.25) is 0 Å². The molecule has 0 unspecified atom stereocenters. The quantitative estimate of drug-likeness (QED) is 0.650. The first kappa shape index (κ1) is 18.7. The van der Waals surface area contributed by atoms with Gasteiger partial charge in [-0.25, -0.2) is 0 Å². The Balaban J connectivity index is 2.31. The van der Waals surface area contributed by atoms with Gasteiger partial charge in [-0.2, -0.15) is 5.10 Å². The zero-order chi connectivity index (χ0) is 15.8. The van der Waals surface area contributed by atoms with Gasteiger partial charge in [-0.1, -0.05) is 6.92 Å². The van der Waals surface area contributed by atoms with E-state index in [4.69, 9.17) is 0 Å². The Kier molecular flexibility index (Phi) is 8.52. The van der Waals surface area contributed by atoms with Crippen LogP contribution in [-0.4, -0.2) is 40.9 Å². The van der Waals surface area contributed by atoms with E-state index in [1.54, 1.807) is 0 Å². The molecule has 0 amide bonds. The minimum Gasteiger partial charge on any atom is -0.311 e. The molecule has 5 heteroatoms. The van der Waals surface area contributed by atoms with Gasteiger partial charge in [0, 0.05) is 19.1 Å². The Bertz CT molecular complexity index is 415. The summed E-state index contributed by atoms with van der Waals surface area (Å²) in [4.78, 5) is 2.40. The van der Waals surface area contributed by atoms with Crippen LogP contribution in [0.5, 0.6) is 0 Å². The van der Waals surface area contributed by atoms with Crippen molar-refractivity contribution in [2.24, 2.45) is 0 Å². The Morgan fingerprint density at radius 3 is 2.57 bits per heavy atom. The van der Waals surface area contributed by atoms with Crippen molar-refractivity contribution in [1.29, 1.82) is 0 Å². The Morgan fingerprint density at radius 1 is 1.29 bits per heavy atom. The smallest absolute Gasteiger partial charge is 0.0767 e. The lowest BCUT2D eigenvalue weighted by Crippen LogP contribution is -2.28. The highest BCUT2D eigenvalue weighted by atomic mass is 79.9. The summed E-state index contributed by atoms with van der Waals surface area (Å²) < 4.78 is 3.28. The second kappa shape index (κ2) is 9.59. The van der Waals surface area contributed by atoms with Crippen molar-refractivity contribution in [2.75, 3.05) is 20.1 Å². The summed E-state index contributed by atoms with van der Waals surface area (Å²) in [5, 5.41) is 8.18. The maximum Gasteiger partial charge on any atom is 0.0767 e. The fourth-order valence-electron chi connectivity index (χ4n) is 2.26. The molecule has 1 rings (SSSR count). The van der Waals surface area contributed by atoms with Crippen LogP contribution in [0.3, 0.4) is 0 Å². The minimum absolute atomic E-state index is 0.639. The van der Waals surface area contributed by atoms with E-state index in [-0.39, 0.29) is 0 Å². The first-order valence-corrected chi connectivity index (χ1v) is 8.95. The van der Waals surface area contributed by atoms with E-state index < -0.39 is 0 Å². The second-order valence-corrected chi connectivity index (χ2v) is 6.63. The highest BCUT2D eigenvalue weighted by Gasteiger charge is 2.12. The molecule has 0 saturated carbocycles. The van der Waals surface area contributed by atoms with E-state index in [9.17, 15) is 0 Å². The molecule has 1 heterocycles. The van der Waals surface area contributed by atoms with E-state index in [1.807, 2.05) is 0 Å². The van der Waals surface area contributed by atoms with Gasteiger partial charge in [0.25, 0.3) is 0 Å². The summed E-state index contributed by atoms with van der Waals surface area (Å²) in [7, 11) is 2.20. The summed E-state index contributed by atoms with van der Waals surface area (Å²) in [5.41, 5.74) is 2.43. The Hall–Kier alpha value is -0.390. The van der Waals surface area contributed by atoms with Gasteiger partial charge < -0.3 is 10.2 Å². The van der Waals surface area contributed by atoms with Crippen LogP contribution < -0.4 is 5.32 Å². The van der Waals surface area contributed by atoms with Crippen LogP contribution in [-0.2, 0) is 19.5 Å². The third-order valence-electron chi connectivity index (χ3n) is 3.98. The number of nitrogens with one attached hydrogen (secondary N) is 1. The summed E-state index contributed by atoms with van der Waals surface area (Å²) in [6, 6.07) is 0.639. The van der Waals surface area contributed by atoms with Gasteiger partial charge in [-0.05, 0) is 76.1 Å². The van der Waals surface area contributed by atoms with E-state index in [1.165, 1.54) is 29.6 Å². The number of hydrogen-bond acceptors (Lipinski definition) is 3. The molecule has 0 fully saturated rings. The van der Waals surface area contributed by atoms with Gasteiger partial charge in [0.15, 0.2) is 0 Å². The number of nitrogens with zero attached hydrogens (tertiary/aromatic N) is 3. The molecule has 0 aromatic carbocycles. The van der Waals surface area contributed by atoms with Crippen LogP contribution in [0.25, 0.3) is 0 Å². The molecule has 0 aliphatic carbocycles. The minimum atomic E-state index is 0.639. The molecule has 0 atom stereocenters. The molecule has 0 radical (unpaired) electrons. The maximum absolute atomic E-state index is 4.63. The first-order valence-electron chi connectivity index (χ1n) is 8.16. The van der Waals surface area contributed by atoms with Crippen molar-refractivity contribution < 1.29 is 0 Å². The predicted octanol–water partition coefficient (Wildman–Crippen LogP) is 3.44. The van der Waals surface area contributed by atoms with Crippen molar-refractivity contribution in [2.45, 2.75) is 66.1 Å². The van der Waals surface area contributed by atoms with Crippen molar-refractivity contribution in [3.8, 4) is 0 Å². The number of rotatable bonds is 10. The summed E-state index contributed by atoms with van der Waals surface area (Å²) in [6.07, 6.45) is 3.44. The summed E-state index contributed by atoms with van der Waals surface area (Å²) in [6.45, 7) is 12.8. The van der Waals surface area contributed by atoms with Crippen molar-refractivity contribution in [3.05, 3.63) is 15.9 Å². The van der Waals surface area contributed by atoms with Gasteiger partial charge >= 0.3 is 0 Å². The van der Waals surface area contributed by atoms with Crippen molar-refractivity contribution >= 4 is 15.9 Å². The molecule has 1 aromatic heterocycles. The molecule has 0 bridgehead atoms. The number of halogens is 1. The lowest BCUT2D eigenvalue weighted by molar-refractivity contribution is 0.268. The van der Waals surface area contributed by atoms with Crippen LogP contribution in [0.4, 0.5) is 0 Å². The second-order valence-electron chi connectivity index (χ2n) is 5.83. The monoisotopic (exact) mass is 358 g/mol. The summed E-state index contributed by atoms with van der Waals surface area (Å²) in [5.74, 6) is 0. The first-order chi connectivity index (χ1) is 10.0. The lowest BCUT2D eigenvalue weighted by Gasteiger charge is -2.20. The molecule has 0 spiro atoms. The van der Waals surface area contributed by atoms with E-state index in [0.717, 1.165) is 31.7 Å². The largest absolute Gasteiger partial charge is 0.311 e. The van der Waals surface area contributed by atoms with Crippen LogP contribution in [0.1, 0.15) is 51.9 Å². The average molecular weight is 359 g/mol. The van der Waals surface area contributed by atoms with Gasteiger partial charge in [-0.15, -0.1) is 0 Å². The maximum atomic E-state index is 4.63. The van der Waals surface area contributed by atoms with Crippen LogP contribution in [0.15, 0.2) is 4.47 Å². The van der Waals surface area contributed by atoms with E-state index in [0.29, 0.717) is 6.04 Å². The molecular weight excluding hydrogens is 328 g/mol. The molecule has 0 aliphatic heterocycles. The molecule has 1 N–H and O–H groups in total. The van der Waals surface area contributed by atoms with E-state index >= 15 is 0 Å². The lowest BCUT2D eigenvalue weighted by atomic mass is 10.2. The van der Waals surface area contributed by atoms with Crippen molar-refractivity contribution in [3.63, 3.8) is 0 Å². The molecule has 4 nitrogen and oxygen atoms in total. The highest BCUT2D eigenvalue weighted by molar-refractivity contribution is 9.10. The van der Waals surface area contributed by atoms with Gasteiger partial charge in [0.1, 0.15) is 0 Å². The highest BCUT2D eigenvalue weighted by Crippen LogP contribution is 2.22. The van der Waals surface area contributed by atoms with Crippen LogP contribution >= 0.6 is 15.9 Å². The third-order valence-corrected chi connectivity index (χ3v) is 4.90. The molecule has 0 saturated heterocycles. The Morgan fingerprint density at radius 2 is 2.00 bits per heavy atom. The van der Waals surface area contributed by atoms with Crippen LogP contribution in [0.2, 0.25) is 0 Å². The SMILES string of the molecule is CCc1nn(CC)c(CNCCCCN(C)C(C)C)c1Br. The number of unbranched alkanes of at least 4 members (excludes halogenated alkanes) is 1. The zero-order valence-electron chi connectivity index (χ0n) is 14.2. The zero-order valence-corrected chi connectivity index (χ0v) is 15.8. The average Bonchev–Trinajstić information content (AvgIpc) is 2.78. The third kappa shape index (κ3) is 5.72. The van der Waals surface area contributed by atoms with E-state index in [2.05, 4.69) is 70.7 Å². The normalized spacial score (nSPS) is 11.8. The molecule has 0 aliphatic rings. The standard InChI is InChI=1S/C16H31BrN4/c1-6-14-16(17)15(21(7-2)19-14)12-18-10-8-9-11-20(5)13(3)4/h13,18H,6-12H2,1-5H3. The fourth-order valence-corrected chi connectivity index (χ4v) is 2.97. The molecule has 21 heavy (non-hydrogen) atoms. The van der Waals surface area contributed by atoms with Crippen LogP contribution in [0, 0.1) is 0 Å². The van der Waals surface area contributed by atoms with Gasteiger partial charge in [0.05, 0.1) is 15.9 Å². The summed E-state index contributed by atoms with van der Waals surface area (Å²) >= 11 is 3.69. The topological polar surface area (TPSA) is 33.1 Å². The Labute approximate surface area is 138 Å². The predicted molar refractivity (Wildman–Crippen MR) is 93.7 cm³/mol. The number of aryl methyl sites for hydroxylation is 2. The fraction of sp³-hybridized carbons (Fsp3) is 0.812. The molecule has 122 valence electrons. The number of aromatic nitrogens is 2. The molecular formula is C16H31BrN4. The van der Waals surface area contributed by atoms with Crippen molar-refractivity contribution in [1.82, 2.24) is 20.0 Å².